The molecule has 0 aliphatic carbocycles. The third-order valence-corrected chi connectivity index (χ3v) is 6.64. The standard InChI is InChI=1S/C29H40O12S/c1-25-7-9-27(10-8-25)42(32,33)41-24-22-39-20-18-37-16-14-35-12-11-34-13-15-36-17-19-38-21-23-40-29(31)28(30)26-5-3-2-4-6-26/h2-10H,11-24H2,1H3. The number of benzene rings is 2. The molecule has 0 radical (unpaired) electrons. The van der Waals surface area contributed by atoms with Crippen LogP contribution in [0.2, 0.25) is 0 Å². The van der Waals surface area contributed by atoms with Crippen molar-refractivity contribution in [2.45, 2.75) is 11.8 Å². The van der Waals surface area contributed by atoms with Crippen molar-refractivity contribution in [2.75, 3.05) is 92.5 Å². The van der Waals surface area contributed by atoms with E-state index in [-0.39, 0.29) is 36.9 Å². The second kappa shape index (κ2) is 21.9. The minimum absolute atomic E-state index is 0.0155. The van der Waals surface area contributed by atoms with E-state index >= 15 is 0 Å². The van der Waals surface area contributed by atoms with Gasteiger partial charge < -0.3 is 33.2 Å². The smallest absolute Gasteiger partial charge is 0.379 e. The third-order valence-electron chi connectivity index (χ3n) is 5.32. The van der Waals surface area contributed by atoms with Gasteiger partial charge in [-0.25, -0.2) is 4.79 Å². The van der Waals surface area contributed by atoms with Gasteiger partial charge in [-0.1, -0.05) is 48.0 Å². The molecule has 0 heterocycles. The van der Waals surface area contributed by atoms with Gasteiger partial charge in [-0.2, -0.15) is 8.42 Å². The van der Waals surface area contributed by atoms with Crippen LogP contribution in [0.1, 0.15) is 15.9 Å². The highest BCUT2D eigenvalue weighted by Gasteiger charge is 2.17. The predicted molar refractivity (Wildman–Crippen MR) is 151 cm³/mol. The molecule has 13 heteroatoms. The summed E-state index contributed by atoms with van der Waals surface area (Å²) in [5.41, 5.74) is 1.25. The second-order valence-corrected chi connectivity index (χ2v) is 10.2. The first-order valence-electron chi connectivity index (χ1n) is 13.6. The predicted octanol–water partition coefficient (Wildman–Crippen LogP) is 2.23. The Balaban J connectivity index is 1.26. The minimum atomic E-state index is -3.78. The van der Waals surface area contributed by atoms with E-state index in [0.29, 0.717) is 66.1 Å². The quantitative estimate of drug-likeness (QED) is 0.0534. The van der Waals surface area contributed by atoms with Crippen LogP contribution in [0.4, 0.5) is 0 Å². The van der Waals surface area contributed by atoms with E-state index in [0.717, 1.165) is 5.56 Å². The Hall–Kier alpha value is -2.75. The Kier molecular flexibility index (Phi) is 18.5. The van der Waals surface area contributed by atoms with E-state index in [1.807, 2.05) is 6.92 Å². The number of ether oxygens (including phenoxy) is 7. The molecule has 0 unspecified atom stereocenters. The summed E-state index contributed by atoms with van der Waals surface area (Å²) >= 11 is 0. The number of carbonyl (C=O) groups excluding carboxylic acids is 2. The molecular weight excluding hydrogens is 572 g/mol. The van der Waals surface area contributed by atoms with Gasteiger partial charge in [0.1, 0.15) is 6.61 Å². The fraction of sp³-hybridized carbons (Fsp3) is 0.517. The van der Waals surface area contributed by atoms with Crippen molar-refractivity contribution in [3.63, 3.8) is 0 Å². The van der Waals surface area contributed by atoms with Crippen LogP contribution in [0.15, 0.2) is 59.5 Å². The maximum absolute atomic E-state index is 12.1. The van der Waals surface area contributed by atoms with E-state index in [2.05, 4.69) is 0 Å². The molecule has 42 heavy (non-hydrogen) atoms. The number of rotatable bonds is 25. The van der Waals surface area contributed by atoms with E-state index in [4.69, 9.17) is 37.3 Å². The van der Waals surface area contributed by atoms with Crippen molar-refractivity contribution < 1.29 is 55.3 Å². The number of hydrogen-bond donors (Lipinski definition) is 0. The van der Waals surface area contributed by atoms with Crippen molar-refractivity contribution in [3.05, 3.63) is 65.7 Å². The van der Waals surface area contributed by atoms with Crippen LogP contribution >= 0.6 is 0 Å². The average molecular weight is 613 g/mol. The van der Waals surface area contributed by atoms with E-state index < -0.39 is 21.9 Å². The molecule has 0 bridgehead atoms. The molecule has 234 valence electrons. The lowest BCUT2D eigenvalue weighted by atomic mass is 10.1. The summed E-state index contributed by atoms with van der Waals surface area (Å²) in [6.07, 6.45) is 0. The van der Waals surface area contributed by atoms with Crippen LogP contribution in [-0.2, 0) is 52.3 Å². The van der Waals surface area contributed by atoms with Crippen LogP contribution in [0, 0.1) is 6.92 Å². The van der Waals surface area contributed by atoms with Crippen LogP contribution < -0.4 is 0 Å². The fourth-order valence-electron chi connectivity index (χ4n) is 3.14. The maximum atomic E-state index is 12.1. The zero-order valence-corrected chi connectivity index (χ0v) is 24.7. The Morgan fingerprint density at radius 1 is 0.548 bits per heavy atom. The van der Waals surface area contributed by atoms with Crippen molar-refractivity contribution in [1.82, 2.24) is 0 Å². The van der Waals surface area contributed by atoms with E-state index in [1.54, 1.807) is 42.5 Å². The van der Waals surface area contributed by atoms with E-state index in [1.165, 1.54) is 12.1 Å². The first kappa shape index (κ1) is 35.4. The van der Waals surface area contributed by atoms with Gasteiger partial charge in [0, 0.05) is 5.56 Å². The lowest BCUT2D eigenvalue weighted by Gasteiger charge is -2.09. The SMILES string of the molecule is Cc1ccc(S(=O)(=O)OCCOCCOCCOCCOCCOCCOCCOC(=O)C(=O)c2ccccc2)cc1. The molecule has 12 nitrogen and oxygen atoms in total. The lowest BCUT2D eigenvalue weighted by Crippen LogP contribution is -2.20. The number of carbonyl (C=O) groups is 2. The van der Waals surface area contributed by atoms with Crippen molar-refractivity contribution in [1.29, 1.82) is 0 Å². The summed E-state index contributed by atoms with van der Waals surface area (Å²) in [4.78, 5) is 23.7. The summed E-state index contributed by atoms with van der Waals surface area (Å²) in [7, 11) is -3.78. The van der Waals surface area contributed by atoms with Gasteiger partial charge in [0.05, 0.1) is 90.8 Å². The van der Waals surface area contributed by atoms with Gasteiger partial charge >= 0.3 is 5.97 Å². The average Bonchev–Trinajstić information content (AvgIpc) is 2.99. The highest BCUT2D eigenvalue weighted by molar-refractivity contribution is 7.86. The van der Waals surface area contributed by atoms with Crippen LogP contribution in [0.5, 0.6) is 0 Å². The highest BCUT2D eigenvalue weighted by atomic mass is 32.2. The lowest BCUT2D eigenvalue weighted by molar-refractivity contribution is -0.139. The maximum Gasteiger partial charge on any atom is 0.379 e. The monoisotopic (exact) mass is 612 g/mol. The Morgan fingerprint density at radius 3 is 1.40 bits per heavy atom. The van der Waals surface area contributed by atoms with Gasteiger partial charge in [-0.05, 0) is 19.1 Å². The molecule has 0 amide bonds. The first-order valence-corrected chi connectivity index (χ1v) is 15.0. The zero-order valence-electron chi connectivity index (χ0n) is 23.9. The van der Waals surface area contributed by atoms with Gasteiger partial charge in [-0.3, -0.25) is 8.98 Å². The largest absolute Gasteiger partial charge is 0.457 e. The van der Waals surface area contributed by atoms with Crippen LogP contribution in [0.25, 0.3) is 0 Å². The van der Waals surface area contributed by atoms with Gasteiger partial charge in [0.2, 0.25) is 0 Å². The zero-order chi connectivity index (χ0) is 30.3. The topological polar surface area (TPSA) is 142 Å². The van der Waals surface area contributed by atoms with E-state index in [9.17, 15) is 18.0 Å². The normalized spacial score (nSPS) is 11.5. The number of ketones is 1. The number of aryl methyl sites for hydroxylation is 1. The summed E-state index contributed by atoms with van der Waals surface area (Å²) < 4.78 is 66.2. The molecule has 0 N–H and O–H groups in total. The first-order chi connectivity index (χ1) is 20.4. The molecular formula is C29H40O12S. The Bertz CT molecular complexity index is 1110. The molecule has 0 aromatic heterocycles. The number of Topliss-reactive ketones (excluding diaryl/α,β-unsaturated/α-hetero) is 1. The molecule has 2 rings (SSSR count). The summed E-state index contributed by atoms with van der Waals surface area (Å²) in [6.45, 7) is 5.88. The second-order valence-electron chi connectivity index (χ2n) is 8.59. The van der Waals surface area contributed by atoms with Gasteiger partial charge in [-0.15, -0.1) is 0 Å². The molecule has 0 saturated heterocycles. The van der Waals surface area contributed by atoms with Crippen molar-refractivity contribution in [2.24, 2.45) is 0 Å². The molecule has 2 aromatic rings. The fourth-order valence-corrected chi connectivity index (χ4v) is 4.04. The van der Waals surface area contributed by atoms with Crippen molar-refractivity contribution in [3.8, 4) is 0 Å². The Morgan fingerprint density at radius 2 is 0.952 bits per heavy atom. The summed E-state index contributed by atoms with van der Waals surface area (Å²) in [5, 5.41) is 0. The number of esters is 1. The molecule has 0 atom stereocenters. The molecule has 0 fully saturated rings. The van der Waals surface area contributed by atoms with Crippen molar-refractivity contribution >= 4 is 21.9 Å². The summed E-state index contributed by atoms with van der Waals surface area (Å²) in [5.74, 6) is -1.59. The molecule has 0 aliphatic rings. The third kappa shape index (κ3) is 16.0. The summed E-state index contributed by atoms with van der Waals surface area (Å²) in [6, 6.07) is 14.7. The molecule has 2 aromatic carbocycles. The van der Waals surface area contributed by atoms with Crippen LogP contribution in [0.3, 0.4) is 0 Å². The Labute approximate surface area is 247 Å². The molecule has 0 spiro atoms. The molecule has 0 aliphatic heterocycles. The minimum Gasteiger partial charge on any atom is -0.457 e. The van der Waals surface area contributed by atoms with Gasteiger partial charge in [0.25, 0.3) is 15.9 Å². The highest BCUT2D eigenvalue weighted by Crippen LogP contribution is 2.12. The molecule has 0 saturated carbocycles. The van der Waals surface area contributed by atoms with Gasteiger partial charge in [0.15, 0.2) is 0 Å². The van der Waals surface area contributed by atoms with Crippen LogP contribution in [-0.4, -0.2) is 113 Å². The number of hydrogen-bond acceptors (Lipinski definition) is 12.